The summed E-state index contributed by atoms with van der Waals surface area (Å²) in [6.07, 6.45) is -0.574. The van der Waals surface area contributed by atoms with Gasteiger partial charge in [-0.3, -0.25) is 4.90 Å². The highest BCUT2D eigenvalue weighted by Crippen LogP contribution is 2.33. The van der Waals surface area contributed by atoms with E-state index in [-0.39, 0.29) is 0 Å². The fraction of sp³-hybridized carbons (Fsp3) is 0.483. The Morgan fingerprint density at radius 1 is 0.917 bits per heavy atom. The molecule has 0 saturated heterocycles. The number of nitrogens with zero attached hydrogens (tertiary/aromatic N) is 3. The molecule has 196 valence electrons. The molecule has 36 heavy (non-hydrogen) atoms. The number of aliphatic hydroxyl groups is 1. The van der Waals surface area contributed by atoms with Crippen LogP contribution < -0.4 is 9.47 Å². The Balaban J connectivity index is 1.92. The van der Waals surface area contributed by atoms with Gasteiger partial charge in [-0.1, -0.05) is 52.0 Å². The average molecular weight is 496 g/mol. The van der Waals surface area contributed by atoms with Gasteiger partial charge in [0.15, 0.2) is 0 Å². The first kappa shape index (κ1) is 27.7. The van der Waals surface area contributed by atoms with Crippen LogP contribution in [0.5, 0.6) is 17.4 Å². The molecule has 1 atom stereocenters. The first-order valence-electron chi connectivity index (χ1n) is 12.7. The molecule has 2 aromatic carbocycles. The van der Waals surface area contributed by atoms with E-state index < -0.39 is 6.10 Å². The van der Waals surface area contributed by atoms with Gasteiger partial charge in [-0.15, -0.1) is 0 Å². The number of rotatable bonds is 14. The van der Waals surface area contributed by atoms with E-state index in [2.05, 4.69) is 32.6 Å². The van der Waals surface area contributed by atoms with Crippen molar-refractivity contribution in [2.45, 2.75) is 47.3 Å². The van der Waals surface area contributed by atoms with Crippen molar-refractivity contribution in [2.24, 2.45) is 11.8 Å². The van der Waals surface area contributed by atoms with Crippen molar-refractivity contribution in [1.82, 2.24) is 14.7 Å². The predicted octanol–water partition coefficient (Wildman–Crippen LogP) is 5.47. The van der Waals surface area contributed by atoms with Crippen molar-refractivity contribution in [3.8, 4) is 23.1 Å². The lowest BCUT2D eigenvalue weighted by molar-refractivity contribution is 0.00511. The van der Waals surface area contributed by atoms with Gasteiger partial charge in [0.25, 0.3) is 0 Å². The third-order valence-electron chi connectivity index (χ3n) is 5.63. The van der Waals surface area contributed by atoms with Crippen LogP contribution >= 0.6 is 0 Å². The topological polar surface area (TPSA) is 69.0 Å². The molecule has 3 rings (SSSR count). The Kier molecular flexibility index (Phi) is 10.3. The number of hydrogen-bond donors (Lipinski definition) is 1. The fourth-order valence-corrected chi connectivity index (χ4v) is 4.08. The van der Waals surface area contributed by atoms with Crippen molar-refractivity contribution in [1.29, 1.82) is 0 Å². The van der Waals surface area contributed by atoms with Gasteiger partial charge in [-0.2, -0.15) is 5.10 Å². The maximum Gasteiger partial charge on any atom is 0.227 e. The van der Waals surface area contributed by atoms with Gasteiger partial charge >= 0.3 is 0 Å². The molecule has 0 unspecified atom stereocenters. The van der Waals surface area contributed by atoms with Crippen molar-refractivity contribution in [2.75, 3.05) is 33.4 Å². The van der Waals surface area contributed by atoms with E-state index in [4.69, 9.17) is 19.3 Å². The van der Waals surface area contributed by atoms with Crippen LogP contribution in [0.15, 0.2) is 54.6 Å². The molecule has 7 nitrogen and oxygen atoms in total. The summed E-state index contributed by atoms with van der Waals surface area (Å²) in [6.45, 7) is 13.5. The monoisotopic (exact) mass is 495 g/mol. The molecule has 1 N–H and O–H groups in total. The second-order valence-corrected chi connectivity index (χ2v) is 10.1. The number of aryl methyl sites for hydroxylation is 1. The van der Waals surface area contributed by atoms with Gasteiger partial charge in [0.2, 0.25) is 5.88 Å². The van der Waals surface area contributed by atoms with E-state index >= 15 is 0 Å². The SMILES string of the molecule is COc1cccc(Oc2c(CN(CC(C)C)C[C@@H](O)COCC(C)C)c(C)nn2-c2ccccc2)c1. The van der Waals surface area contributed by atoms with E-state index in [0.717, 1.165) is 29.2 Å². The zero-order valence-electron chi connectivity index (χ0n) is 22.5. The maximum atomic E-state index is 10.7. The van der Waals surface area contributed by atoms with E-state index in [1.54, 1.807) is 7.11 Å². The maximum absolute atomic E-state index is 10.7. The fourth-order valence-electron chi connectivity index (χ4n) is 4.08. The molecule has 1 aromatic heterocycles. The molecule has 0 bridgehead atoms. The van der Waals surface area contributed by atoms with Crippen LogP contribution in [0.3, 0.4) is 0 Å². The summed E-state index contributed by atoms with van der Waals surface area (Å²) < 4.78 is 19.4. The highest BCUT2D eigenvalue weighted by Gasteiger charge is 2.23. The standard InChI is InChI=1S/C29H41N3O4/c1-21(2)16-31(17-25(33)20-35-19-22(3)4)18-28-23(5)30-32(24-11-8-7-9-12-24)29(28)36-27-14-10-13-26(15-27)34-6/h7-15,21-22,25,33H,16-20H2,1-6H3/t25-/m1/s1. The third-order valence-corrected chi connectivity index (χ3v) is 5.63. The minimum Gasteiger partial charge on any atom is -0.497 e. The molecule has 0 aliphatic rings. The lowest BCUT2D eigenvalue weighted by Crippen LogP contribution is -2.37. The number of methoxy groups -OCH3 is 1. The molecule has 7 heteroatoms. The number of ether oxygens (including phenoxy) is 3. The van der Waals surface area contributed by atoms with Crippen molar-refractivity contribution >= 4 is 0 Å². The quantitative estimate of drug-likeness (QED) is 0.320. The van der Waals surface area contributed by atoms with Gasteiger partial charge in [0, 0.05) is 32.3 Å². The number of aliphatic hydroxyl groups excluding tert-OH is 1. The van der Waals surface area contributed by atoms with Gasteiger partial charge in [-0.05, 0) is 43.0 Å². The first-order valence-corrected chi connectivity index (χ1v) is 12.7. The van der Waals surface area contributed by atoms with Crippen LogP contribution in [-0.2, 0) is 11.3 Å². The smallest absolute Gasteiger partial charge is 0.227 e. The molecule has 1 heterocycles. The molecular weight excluding hydrogens is 454 g/mol. The van der Waals surface area contributed by atoms with Crippen LogP contribution in [0, 0.1) is 18.8 Å². The largest absolute Gasteiger partial charge is 0.497 e. The van der Waals surface area contributed by atoms with Crippen LogP contribution in [0.1, 0.15) is 39.0 Å². The molecule has 0 aliphatic heterocycles. The first-order chi connectivity index (χ1) is 17.3. The summed E-state index contributed by atoms with van der Waals surface area (Å²) in [7, 11) is 1.64. The number of benzene rings is 2. The molecule has 0 aliphatic carbocycles. The van der Waals surface area contributed by atoms with Gasteiger partial charge in [-0.25, -0.2) is 4.68 Å². The zero-order chi connectivity index (χ0) is 26.1. The normalized spacial score (nSPS) is 12.5. The van der Waals surface area contributed by atoms with E-state index in [0.29, 0.717) is 49.8 Å². The Bertz CT molecular complexity index is 1070. The summed E-state index contributed by atoms with van der Waals surface area (Å²) in [4.78, 5) is 2.26. The minimum atomic E-state index is -0.574. The highest BCUT2D eigenvalue weighted by molar-refractivity contribution is 5.44. The summed E-state index contributed by atoms with van der Waals surface area (Å²) in [6, 6.07) is 17.5. The molecule has 0 fully saturated rings. The van der Waals surface area contributed by atoms with Gasteiger partial charge in [0.1, 0.15) is 11.5 Å². The molecule has 0 radical (unpaired) electrons. The van der Waals surface area contributed by atoms with Crippen LogP contribution in [-0.4, -0.2) is 59.3 Å². The second-order valence-electron chi connectivity index (χ2n) is 10.1. The van der Waals surface area contributed by atoms with Gasteiger partial charge < -0.3 is 19.3 Å². The Morgan fingerprint density at radius 3 is 2.31 bits per heavy atom. The van der Waals surface area contributed by atoms with E-state index in [1.807, 2.05) is 66.2 Å². The molecule has 0 spiro atoms. The van der Waals surface area contributed by atoms with Gasteiger partial charge in [0.05, 0.1) is 36.8 Å². The van der Waals surface area contributed by atoms with Crippen LogP contribution in [0.25, 0.3) is 5.69 Å². The van der Waals surface area contributed by atoms with Crippen molar-refractivity contribution in [3.63, 3.8) is 0 Å². The van der Waals surface area contributed by atoms with Crippen LogP contribution in [0.2, 0.25) is 0 Å². The Hall–Kier alpha value is -2.87. The zero-order valence-corrected chi connectivity index (χ0v) is 22.5. The molecular formula is C29H41N3O4. The molecule has 0 saturated carbocycles. The van der Waals surface area contributed by atoms with E-state index in [1.165, 1.54) is 0 Å². The highest BCUT2D eigenvalue weighted by atomic mass is 16.5. The Morgan fingerprint density at radius 2 is 1.64 bits per heavy atom. The summed E-state index contributed by atoms with van der Waals surface area (Å²) in [5, 5.41) is 15.6. The second kappa shape index (κ2) is 13.4. The van der Waals surface area contributed by atoms with Crippen molar-refractivity contribution in [3.05, 3.63) is 65.9 Å². The molecule has 3 aromatic rings. The van der Waals surface area contributed by atoms with Crippen molar-refractivity contribution < 1.29 is 19.3 Å². The number of hydrogen-bond acceptors (Lipinski definition) is 6. The summed E-state index contributed by atoms with van der Waals surface area (Å²) in [5.74, 6) is 2.92. The molecule has 0 amide bonds. The minimum absolute atomic E-state index is 0.322. The third kappa shape index (κ3) is 8.08. The number of para-hydroxylation sites is 1. The predicted molar refractivity (Wildman–Crippen MR) is 143 cm³/mol. The average Bonchev–Trinajstić information content (AvgIpc) is 3.14. The summed E-state index contributed by atoms with van der Waals surface area (Å²) >= 11 is 0. The lowest BCUT2D eigenvalue weighted by Gasteiger charge is -2.27. The lowest BCUT2D eigenvalue weighted by atomic mass is 10.1. The summed E-state index contributed by atoms with van der Waals surface area (Å²) in [5.41, 5.74) is 2.79. The van der Waals surface area contributed by atoms with E-state index in [9.17, 15) is 5.11 Å². The Labute approximate surface area is 215 Å². The number of aromatic nitrogens is 2. The van der Waals surface area contributed by atoms with Crippen LogP contribution in [0.4, 0.5) is 0 Å².